The van der Waals surface area contributed by atoms with Crippen molar-refractivity contribution in [3.8, 4) is 0 Å². The molecule has 1 aliphatic heterocycles. The first-order valence-corrected chi connectivity index (χ1v) is 6.30. The van der Waals surface area contributed by atoms with Gasteiger partial charge in [0.05, 0.1) is 6.42 Å². The second kappa shape index (κ2) is 4.71. The Kier molecular flexibility index (Phi) is 3.31. The molecular weight excluding hydrogens is 208 g/mol. The summed E-state index contributed by atoms with van der Waals surface area (Å²) in [5.41, 5.74) is 2.22. The fourth-order valence-electron chi connectivity index (χ4n) is 2.04. The average Bonchev–Trinajstić information content (AvgIpc) is 2.70. The number of hydrogen-bond donors (Lipinski definition) is 1. The maximum Gasteiger partial charge on any atom is 0.307 e. The predicted octanol–water partition coefficient (Wildman–Crippen LogP) is 2.53. The maximum absolute atomic E-state index is 10.7. The van der Waals surface area contributed by atoms with Gasteiger partial charge in [0.15, 0.2) is 0 Å². The number of hydrogen-bond acceptors (Lipinski definition) is 2. The fourth-order valence-corrected chi connectivity index (χ4v) is 3.28. The Balaban J connectivity index is 2.24. The van der Waals surface area contributed by atoms with Crippen molar-refractivity contribution in [3.05, 3.63) is 35.4 Å². The highest BCUT2D eigenvalue weighted by Gasteiger charge is 2.20. The lowest BCUT2D eigenvalue weighted by Gasteiger charge is -2.13. The molecule has 0 bridgehead atoms. The number of aliphatic carboxylic acids is 1. The van der Waals surface area contributed by atoms with E-state index in [1.165, 1.54) is 17.7 Å². The van der Waals surface area contributed by atoms with E-state index in [0.29, 0.717) is 5.92 Å². The minimum Gasteiger partial charge on any atom is -0.481 e. The van der Waals surface area contributed by atoms with Crippen molar-refractivity contribution < 1.29 is 9.90 Å². The van der Waals surface area contributed by atoms with Crippen LogP contribution in [0.5, 0.6) is 0 Å². The summed E-state index contributed by atoms with van der Waals surface area (Å²) in [7, 11) is 0. The van der Waals surface area contributed by atoms with Crippen molar-refractivity contribution in [3.63, 3.8) is 0 Å². The third-order valence-electron chi connectivity index (χ3n) is 2.77. The van der Waals surface area contributed by atoms with Crippen molar-refractivity contribution in [2.75, 3.05) is 11.5 Å². The summed E-state index contributed by atoms with van der Waals surface area (Å²) >= 11 is 1.96. The molecule has 1 fully saturated rings. The Bertz CT molecular complexity index is 356. The zero-order valence-electron chi connectivity index (χ0n) is 8.48. The van der Waals surface area contributed by atoms with E-state index in [2.05, 4.69) is 6.07 Å². The van der Waals surface area contributed by atoms with E-state index in [4.69, 9.17) is 5.11 Å². The van der Waals surface area contributed by atoms with Gasteiger partial charge in [0.25, 0.3) is 0 Å². The molecule has 1 unspecified atom stereocenters. The molecule has 1 atom stereocenters. The molecular formula is C12H14O2S. The van der Waals surface area contributed by atoms with Gasteiger partial charge in [-0.15, -0.1) is 0 Å². The number of carboxylic acid groups (broad SMARTS) is 1. The van der Waals surface area contributed by atoms with Gasteiger partial charge in [-0.25, -0.2) is 0 Å². The van der Waals surface area contributed by atoms with E-state index >= 15 is 0 Å². The molecule has 0 amide bonds. The summed E-state index contributed by atoms with van der Waals surface area (Å²) in [6.45, 7) is 0. The minimum atomic E-state index is -0.742. The molecule has 0 aliphatic carbocycles. The highest BCUT2D eigenvalue weighted by molar-refractivity contribution is 7.99. The molecule has 1 aliphatic rings. The third kappa shape index (κ3) is 2.53. The lowest BCUT2D eigenvalue weighted by molar-refractivity contribution is -0.136. The smallest absolute Gasteiger partial charge is 0.307 e. The van der Waals surface area contributed by atoms with Gasteiger partial charge in [0.2, 0.25) is 0 Å². The van der Waals surface area contributed by atoms with Crippen LogP contribution < -0.4 is 0 Å². The van der Waals surface area contributed by atoms with E-state index in [9.17, 15) is 4.79 Å². The van der Waals surface area contributed by atoms with Gasteiger partial charge < -0.3 is 5.11 Å². The Labute approximate surface area is 93.7 Å². The SMILES string of the molecule is O=C(O)Cc1ccccc1C1CCSC1. The van der Waals surface area contributed by atoms with Crippen molar-refractivity contribution in [1.29, 1.82) is 0 Å². The van der Waals surface area contributed by atoms with Crippen LogP contribution in [0.2, 0.25) is 0 Å². The van der Waals surface area contributed by atoms with Gasteiger partial charge >= 0.3 is 5.97 Å². The maximum atomic E-state index is 10.7. The normalized spacial score (nSPS) is 20.4. The largest absolute Gasteiger partial charge is 0.481 e. The van der Waals surface area contributed by atoms with Crippen molar-refractivity contribution in [1.82, 2.24) is 0 Å². The summed E-state index contributed by atoms with van der Waals surface area (Å²) in [6.07, 6.45) is 1.33. The molecule has 0 spiro atoms. The molecule has 0 aromatic heterocycles. The van der Waals surface area contributed by atoms with Crippen molar-refractivity contribution >= 4 is 17.7 Å². The highest BCUT2D eigenvalue weighted by atomic mass is 32.2. The van der Waals surface area contributed by atoms with Crippen LogP contribution in [0.25, 0.3) is 0 Å². The molecule has 15 heavy (non-hydrogen) atoms. The second-order valence-electron chi connectivity index (χ2n) is 3.83. The number of carbonyl (C=O) groups is 1. The van der Waals surface area contributed by atoms with Crippen LogP contribution >= 0.6 is 11.8 Å². The van der Waals surface area contributed by atoms with Crippen molar-refractivity contribution in [2.24, 2.45) is 0 Å². The molecule has 1 saturated heterocycles. The minimum absolute atomic E-state index is 0.150. The van der Waals surface area contributed by atoms with Gasteiger partial charge in [0.1, 0.15) is 0 Å². The summed E-state index contributed by atoms with van der Waals surface area (Å²) in [5.74, 6) is 2.15. The van der Waals surface area contributed by atoms with E-state index in [0.717, 1.165) is 11.3 Å². The molecule has 0 saturated carbocycles. The molecule has 3 heteroatoms. The molecule has 1 N–H and O–H groups in total. The fraction of sp³-hybridized carbons (Fsp3) is 0.417. The lowest BCUT2D eigenvalue weighted by Crippen LogP contribution is -2.06. The molecule has 0 radical (unpaired) electrons. The first-order chi connectivity index (χ1) is 7.27. The van der Waals surface area contributed by atoms with Crippen LogP contribution in [0.4, 0.5) is 0 Å². The summed E-state index contributed by atoms with van der Waals surface area (Å²) in [6, 6.07) is 7.94. The Morgan fingerprint density at radius 2 is 2.27 bits per heavy atom. The highest BCUT2D eigenvalue weighted by Crippen LogP contribution is 2.34. The van der Waals surface area contributed by atoms with Gasteiger partial charge in [-0.05, 0) is 29.2 Å². The quantitative estimate of drug-likeness (QED) is 0.854. The molecule has 80 valence electrons. The van der Waals surface area contributed by atoms with E-state index in [1.807, 2.05) is 30.0 Å². The summed E-state index contributed by atoms with van der Waals surface area (Å²) < 4.78 is 0. The molecule has 2 nitrogen and oxygen atoms in total. The van der Waals surface area contributed by atoms with E-state index in [-0.39, 0.29) is 6.42 Å². The number of thioether (sulfide) groups is 1. The van der Waals surface area contributed by atoms with Gasteiger partial charge in [-0.2, -0.15) is 11.8 Å². The van der Waals surface area contributed by atoms with Gasteiger partial charge in [-0.3, -0.25) is 4.79 Å². The number of benzene rings is 1. The molecule has 1 aromatic rings. The second-order valence-corrected chi connectivity index (χ2v) is 4.98. The Morgan fingerprint density at radius 3 is 2.93 bits per heavy atom. The van der Waals surface area contributed by atoms with E-state index < -0.39 is 5.97 Å². The predicted molar refractivity (Wildman–Crippen MR) is 62.5 cm³/mol. The zero-order chi connectivity index (χ0) is 10.7. The average molecular weight is 222 g/mol. The monoisotopic (exact) mass is 222 g/mol. The van der Waals surface area contributed by atoms with E-state index in [1.54, 1.807) is 0 Å². The number of carboxylic acids is 1. The number of rotatable bonds is 3. The van der Waals surface area contributed by atoms with Gasteiger partial charge in [0, 0.05) is 5.75 Å². The van der Waals surface area contributed by atoms with Crippen LogP contribution in [0, 0.1) is 0 Å². The molecule has 2 rings (SSSR count). The third-order valence-corrected chi connectivity index (χ3v) is 3.93. The lowest BCUT2D eigenvalue weighted by atomic mass is 9.92. The molecule has 1 aromatic carbocycles. The molecule has 1 heterocycles. The first kappa shape index (κ1) is 10.6. The standard InChI is InChI=1S/C12H14O2S/c13-12(14)7-9-3-1-2-4-11(9)10-5-6-15-8-10/h1-4,10H,5-8H2,(H,13,14). The van der Waals surface area contributed by atoms with Crippen LogP contribution in [0.1, 0.15) is 23.5 Å². The van der Waals surface area contributed by atoms with Crippen molar-refractivity contribution in [2.45, 2.75) is 18.8 Å². The summed E-state index contributed by atoms with van der Waals surface area (Å²) in [4.78, 5) is 10.7. The Hall–Kier alpha value is -0.960. The topological polar surface area (TPSA) is 37.3 Å². The van der Waals surface area contributed by atoms with Crippen LogP contribution in [-0.2, 0) is 11.2 Å². The van der Waals surface area contributed by atoms with Crippen LogP contribution in [-0.4, -0.2) is 22.6 Å². The van der Waals surface area contributed by atoms with Crippen LogP contribution in [0.15, 0.2) is 24.3 Å². The van der Waals surface area contributed by atoms with Crippen LogP contribution in [0.3, 0.4) is 0 Å². The van der Waals surface area contributed by atoms with Gasteiger partial charge in [-0.1, -0.05) is 24.3 Å². The summed E-state index contributed by atoms with van der Waals surface area (Å²) in [5, 5.41) is 8.83. The first-order valence-electron chi connectivity index (χ1n) is 5.14. The Morgan fingerprint density at radius 1 is 1.47 bits per heavy atom. The zero-order valence-corrected chi connectivity index (χ0v) is 9.30.